The lowest BCUT2D eigenvalue weighted by atomic mass is 10.2. The van der Waals surface area contributed by atoms with E-state index < -0.39 is 0 Å². The first kappa shape index (κ1) is 8.23. The van der Waals surface area contributed by atoms with Crippen molar-refractivity contribution in [3.8, 4) is 5.75 Å². The van der Waals surface area contributed by atoms with Gasteiger partial charge in [-0.25, -0.2) is 0 Å². The van der Waals surface area contributed by atoms with E-state index >= 15 is 0 Å². The molecule has 1 heterocycles. The van der Waals surface area contributed by atoms with Gasteiger partial charge >= 0.3 is 0 Å². The van der Waals surface area contributed by atoms with Gasteiger partial charge in [0.1, 0.15) is 11.4 Å². The molecule has 2 rings (SSSR count). The molecule has 1 aliphatic heterocycles. The Kier molecular flexibility index (Phi) is 2.00. The standard InChI is InChI=1S/C10H14N2O/c1-12-7-3-6-11-8-4-2-5-9(13)10(8)12/h2,4-5,11,13H,3,6-7H2,1H3. The van der Waals surface area contributed by atoms with E-state index in [9.17, 15) is 5.11 Å². The van der Waals surface area contributed by atoms with Crippen LogP contribution in [-0.4, -0.2) is 25.2 Å². The zero-order valence-corrected chi connectivity index (χ0v) is 7.75. The number of hydrogen-bond acceptors (Lipinski definition) is 3. The van der Waals surface area contributed by atoms with Crippen molar-refractivity contribution in [3.05, 3.63) is 18.2 Å². The molecular formula is C10H14N2O. The van der Waals surface area contributed by atoms with Gasteiger partial charge in [-0.3, -0.25) is 0 Å². The Morgan fingerprint density at radius 2 is 2.31 bits per heavy atom. The largest absolute Gasteiger partial charge is 0.506 e. The Morgan fingerprint density at radius 3 is 3.15 bits per heavy atom. The Bertz CT molecular complexity index is 312. The molecule has 0 radical (unpaired) electrons. The predicted octanol–water partition coefficient (Wildman–Crippen LogP) is 1.64. The minimum atomic E-state index is 0.356. The smallest absolute Gasteiger partial charge is 0.141 e. The van der Waals surface area contributed by atoms with Gasteiger partial charge in [-0.2, -0.15) is 0 Å². The van der Waals surface area contributed by atoms with E-state index in [0.29, 0.717) is 5.75 Å². The summed E-state index contributed by atoms with van der Waals surface area (Å²) in [5.74, 6) is 0.356. The highest BCUT2D eigenvalue weighted by Gasteiger charge is 2.14. The van der Waals surface area contributed by atoms with E-state index in [1.54, 1.807) is 6.07 Å². The minimum absolute atomic E-state index is 0.356. The minimum Gasteiger partial charge on any atom is -0.506 e. The zero-order chi connectivity index (χ0) is 9.26. The van der Waals surface area contributed by atoms with Crippen LogP contribution in [0, 0.1) is 0 Å². The van der Waals surface area contributed by atoms with Gasteiger partial charge in [0, 0.05) is 20.1 Å². The average Bonchev–Trinajstić information content (AvgIpc) is 2.29. The Hall–Kier alpha value is -1.38. The summed E-state index contributed by atoms with van der Waals surface area (Å²) in [4.78, 5) is 2.09. The molecule has 1 aromatic carbocycles. The number of aromatic hydroxyl groups is 1. The van der Waals surface area contributed by atoms with Gasteiger partial charge in [-0.05, 0) is 18.6 Å². The number of phenolic OH excluding ortho intramolecular Hbond substituents is 1. The Labute approximate surface area is 78.0 Å². The lowest BCUT2D eigenvalue weighted by Crippen LogP contribution is -2.17. The maximum Gasteiger partial charge on any atom is 0.141 e. The second-order valence-corrected chi connectivity index (χ2v) is 3.38. The molecule has 70 valence electrons. The number of anilines is 2. The normalized spacial score (nSPS) is 15.9. The predicted molar refractivity (Wildman–Crippen MR) is 54.5 cm³/mol. The number of rotatable bonds is 0. The SMILES string of the molecule is CN1CCCNc2cccc(O)c21. The molecule has 0 saturated carbocycles. The third-order valence-electron chi connectivity index (χ3n) is 2.38. The van der Waals surface area contributed by atoms with Gasteiger partial charge in [-0.1, -0.05) is 6.07 Å². The number of hydrogen-bond donors (Lipinski definition) is 2. The molecule has 2 N–H and O–H groups in total. The summed E-state index contributed by atoms with van der Waals surface area (Å²) in [6.07, 6.45) is 1.10. The molecule has 0 spiro atoms. The highest BCUT2D eigenvalue weighted by molar-refractivity contribution is 5.76. The zero-order valence-electron chi connectivity index (χ0n) is 7.75. The van der Waals surface area contributed by atoms with Crippen molar-refractivity contribution in [2.75, 3.05) is 30.4 Å². The second-order valence-electron chi connectivity index (χ2n) is 3.38. The molecule has 3 nitrogen and oxygen atoms in total. The van der Waals surface area contributed by atoms with Crippen molar-refractivity contribution >= 4 is 11.4 Å². The van der Waals surface area contributed by atoms with Crippen molar-refractivity contribution in [2.45, 2.75) is 6.42 Å². The maximum atomic E-state index is 9.67. The van der Waals surface area contributed by atoms with Crippen LogP contribution in [0.15, 0.2) is 18.2 Å². The first-order valence-corrected chi connectivity index (χ1v) is 4.56. The van der Waals surface area contributed by atoms with Crippen LogP contribution in [0.2, 0.25) is 0 Å². The highest BCUT2D eigenvalue weighted by Crippen LogP contribution is 2.35. The summed E-state index contributed by atoms with van der Waals surface area (Å²) in [7, 11) is 2.01. The number of benzene rings is 1. The average molecular weight is 178 g/mol. The lowest BCUT2D eigenvalue weighted by Gasteiger charge is -2.19. The fourth-order valence-corrected chi connectivity index (χ4v) is 1.73. The summed E-state index contributed by atoms with van der Waals surface area (Å²) >= 11 is 0. The molecular weight excluding hydrogens is 164 g/mol. The van der Waals surface area contributed by atoms with Crippen LogP contribution in [0.4, 0.5) is 11.4 Å². The van der Waals surface area contributed by atoms with Gasteiger partial charge in [0.25, 0.3) is 0 Å². The molecule has 0 atom stereocenters. The summed E-state index contributed by atoms with van der Waals surface area (Å²) in [6, 6.07) is 5.58. The van der Waals surface area contributed by atoms with E-state index in [1.807, 2.05) is 19.2 Å². The molecule has 1 aliphatic rings. The topological polar surface area (TPSA) is 35.5 Å². The van der Waals surface area contributed by atoms with Crippen molar-refractivity contribution in [3.63, 3.8) is 0 Å². The monoisotopic (exact) mass is 178 g/mol. The molecule has 1 aromatic rings. The van der Waals surface area contributed by atoms with Gasteiger partial charge in [0.15, 0.2) is 0 Å². The summed E-state index contributed by atoms with van der Waals surface area (Å²) in [5, 5.41) is 13.0. The van der Waals surface area contributed by atoms with E-state index in [4.69, 9.17) is 0 Å². The van der Waals surface area contributed by atoms with Gasteiger partial charge in [0.2, 0.25) is 0 Å². The molecule has 0 bridgehead atoms. The van der Waals surface area contributed by atoms with Gasteiger partial charge in [0.05, 0.1) is 5.69 Å². The molecule has 0 fully saturated rings. The summed E-state index contributed by atoms with van der Waals surface area (Å²) in [5.41, 5.74) is 1.94. The molecule has 0 unspecified atom stereocenters. The van der Waals surface area contributed by atoms with Crippen molar-refractivity contribution in [2.24, 2.45) is 0 Å². The maximum absolute atomic E-state index is 9.67. The van der Waals surface area contributed by atoms with Crippen LogP contribution < -0.4 is 10.2 Å². The highest BCUT2D eigenvalue weighted by atomic mass is 16.3. The molecule has 13 heavy (non-hydrogen) atoms. The van der Waals surface area contributed by atoms with E-state index in [-0.39, 0.29) is 0 Å². The van der Waals surface area contributed by atoms with Crippen molar-refractivity contribution < 1.29 is 5.11 Å². The quantitative estimate of drug-likeness (QED) is 0.634. The Morgan fingerprint density at radius 1 is 1.46 bits per heavy atom. The van der Waals surface area contributed by atoms with Crippen LogP contribution in [0.1, 0.15) is 6.42 Å². The van der Waals surface area contributed by atoms with Crippen LogP contribution >= 0.6 is 0 Å². The summed E-state index contributed by atoms with van der Waals surface area (Å²) in [6.45, 7) is 1.96. The van der Waals surface area contributed by atoms with Gasteiger partial charge < -0.3 is 15.3 Å². The molecule has 0 saturated heterocycles. The number of nitrogens with one attached hydrogen (secondary N) is 1. The lowest BCUT2D eigenvalue weighted by molar-refractivity contribution is 0.475. The van der Waals surface area contributed by atoms with Crippen LogP contribution in [-0.2, 0) is 0 Å². The second kappa shape index (κ2) is 3.17. The number of fused-ring (bicyclic) bond motifs is 1. The number of phenols is 1. The fourth-order valence-electron chi connectivity index (χ4n) is 1.73. The number of para-hydroxylation sites is 1. The van der Waals surface area contributed by atoms with Crippen molar-refractivity contribution in [1.82, 2.24) is 0 Å². The van der Waals surface area contributed by atoms with Crippen LogP contribution in [0.3, 0.4) is 0 Å². The first-order chi connectivity index (χ1) is 6.29. The molecule has 0 aliphatic carbocycles. The van der Waals surface area contributed by atoms with E-state index in [1.165, 1.54) is 0 Å². The van der Waals surface area contributed by atoms with Crippen LogP contribution in [0.5, 0.6) is 5.75 Å². The number of nitrogens with zero attached hydrogens (tertiary/aromatic N) is 1. The molecule has 0 aromatic heterocycles. The molecule has 3 heteroatoms. The van der Waals surface area contributed by atoms with E-state index in [0.717, 1.165) is 30.9 Å². The van der Waals surface area contributed by atoms with E-state index in [2.05, 4.69) is 10.2 Å². The third kappa shape index (κ3) is 1.41. The molecule has 0 amide bonds. The fraction of sp³-hybridized carbons (Fsp3) is 0.400. The van der Waals surface area contributed by atoms with Crippen LogP contribution in [0.25, 0.3) is 0 Å². The van der Waals surface area contributed by atoms with Gasteiger partial charge in [-0.15, -0.1) is 0 Å². The first-order valence-electron chi connectivity index (χ1n) is 4.56. The van der Waals surface area contributed by atoms with Crippen molar-refractivity contribution in [1.29, 1.82) is 0 Å². The Balaban J connectivity index is 2.48. The third-order valence-corrected chi connectivity index (χ3v) is 2.38. The summed E-state index contributed by atoms with van der Waals surface area (Å²) < 4.78 is 0.